The molecule has 2 atom stereocenters. The van der Waals surface area contributed by atoms with Crippen molar-refractivity contribution in [2.75, 3.05) is 13.2 Å². The summed E-state index contributed by atoms with van der Waals surface area (Å²) in [7, 11) is 0. The van der Waals surface area contributed by atoms with Gasteiger partial charge in [-0.3, -0.25) is 9.36 Å². The van der Waals surface area contributed by atoms with Crippen LogP contribution in [0.3, 0.4) is 0 Å². The number of ether oxygens (including phenoxy) is 1. The lowest BCUT2D eigenvalue weighted by atomic mass is 9.97. The number of aliphatic hydroxyl groups excluding tert-OH is 1. The Bertz CT molecular complexity index is 1440. The lowest BCUT2D eigenvalue weighted by molar-refractivity contribution is -0.207. The number of primary amides is 1. The predicted molar refractivity (Wildman–Crippen MR) is 132 cm³/mol. The van der Waals surface area contributed by atoms with Crippen molar-refractivity contribution in [3.05, 3.63) is 75.2 Å². The predicted octanol–water partition coefficient (Wildman–Crippen LogP) is 3.30. The minimum Gasteiger partial charge on any atom is -0.449 e. The number of benzene rings is 2. The minimum atomic E-state index is -5.05. The van der Waals surface area contributed by atoms with E-state index in [1.807, 2.05) is 0 Å². The van der Waals surface area contributed by atoms with E-state index in [2.05, 4.69) is 10.4 Å². The van der Waals surface area contributed by atoms with Gasteiger partial charge in [0.15, 0.2) is 11.9 Å². The van der Waals surface area contributed by atoms with Crippen molar-refractivity contribution >= 4 is 23.6 Å². The number of hydrogen-bond donors (Lipinski definition) is 3. The minimum absolute atomic E-state index is 0.0500. The van der Waals surface area contributed by atoms with E-state index in [0.29, 0.717) is 9.25 Å². The summed E-state index contributed by atoms with van der Waals surface area (Å²) >= 11 is 5.84. The number of aromatic nitrogens is 3. The zero-order valence-corrected chi connectivity index (χ0v) is 21.5. The molecule has 1 unspecified atom stereocenters. The van der Waals surface area contributed by atoms with Crippen LogP contribution < -0.4 is 16.7 Å². The highest BCUT2D eigenvalue weighted by Crippen LogP contribution is 2.31. The van der Waals surface area contributed by atoms with Crippen molar-refractivity contribution < 1.29 is 45.8 Å². The first-order valence-corrected chi connectivity index (χ1v) is 12.0. The molecule has 2 amide bonds. The molecule has 0 radical (unpaired) electrons. The fraction of sp³-hybridized carbons (Fsp3) is 0.333. The number of nitrogens with one attached hydrogen (secondary N) is 1. The molecule has 3 aromatic rings. The van der Waals surface area contributed by atoms with E-state index in [0.717, 1.165) is 18.2 Å². The average molecular weight is 610 g/mol. The highest BCUT2D eigenvalue weighted by atomic mass is 35.5. The number of aliphatic hydroxyl groups is 1. The van der Waals surface area contributed by atoms with Gasteiger partial charge in [-0.1, -0.05) is 29.8 Å². The zero-order valence-electron chi connectivity index (χ0n) is 20.7. The summed E-state index contributed by atoms with van der Waals surface area (Å²) in [5, 5.41) is 16.1. The Morgan fingerprint density at radius 1 is 1.10 bits per heavy atom. The molecule has 0 fully saturated rings. The van der Waals surface area contributed by atoms with Crippen LogP contribution in [0.5, 0.6) is 0 Å². The van der Waals surface area contributed by atoms with Crippen molar-refractivity contribution in [1.29, 1.82) is 0 Å². The van der Waals surface area contributed by atoms with Crippen LogP contribution in [0.4, 0.5) is 31.1 Å². The quantitative estimate of drug-likeness (QED) is 0.301. The van der Waals surface area contributed by atoms with Crippen molar-refractivity contribution in [2.45, 2.75) is 37.5 Å². The summed E-state index contributed by atoms with van der Waals surface area (Å²) < 4.78 is 84.3. The molecule has 4 N–H and O–H groups in total. The number of carbonyl (C=O) groups excluding carboxylic acids is 2. The molecular formula is C24H22ClF6N5O5. The van der Waals surface area contributed by atoms with Gasteiger partial charge in [-0.05, 0) is 35.9 Å². The largest absolute Gasteiger partial charge is 0.449 e. The normalized spacial score (nSPS) is 13.5. The van der Waals surface area contributed by atoms with Gasteiger partial charge in [-0.25, -0.2) is 14.3 Å². The molecule has 17 heteroatoms. The van der Waals surface area contributed by atoms with Gasteiger partial charge in [-0.2, -0.15) is 26.3 Å². The number of nitrogens with zero attached hydrogens (tertiary/aromatic N) is 3. The number of rotatable bonds is 10. The maximum atomic E-state index is 13.2. The Labute approximate surface area is 232 Å². The van der Waals surface area contributed by atoms with Gasteiger partial charge in [0, 0.05) is 23.0 Å². The van der Waals surface area contributed by atoms with Crippen LogP contribution in [0.25, 0.3) is 11.4 Å². The van der Waals surface area contributed by atoms with Gasteiger partial charge in [0.05, 0.1) is 12.1 Å². The number of nitrogens with two attached hydrogens (primary N) is 1. The number of alkyl halides is 6. The number of hydrogen-bond acceptors (Lipinski definition) is 6. The van der Waals surface area contributed by atoms with E-state index in [9.17, 15) is 45.8 Å². The van der Waals surface area contributed by atoms with Gasteiger partial charge in [0.25, 0.3) is 0 Å². The fourth-order valence-electron chi connectivity index (χ4n) is 3.65. The van der Waals surface area contributed by atoms with E-state index in [-0.39, 0.29) is 28.5 Å². The smallest absolute Gasteiger partial charge is 0.416 e. The highest BCUT2D eigenvalue weighted by molar-refractivity contribution is 6.30. The number of carbonyl (C=O) groups is 2. The fourth-order valence-corrected chi connectivity index (χ4v) is 3.78. The lowest BCUT2D eigenvalue weighted by Gasteiger charge is -2.19. The molecule has 222 valence electrons. The Kier molecular flexibility index (Phi) is 9.70. The van der Waals surface area contributed by atoms with Gasteiger partial charge < -0.3 is 20.9 Å². The van der Waals surface area contributed by atoms with E-state index >= 15 is 0 Å². The molecule has 0 aliphatic heterocycles. The first-order chi connectivity index (χ1) is 19.1. The molecule has 0 spiro atoms. The second-order valence-corrected chi connectivity index (χ2v) is 9.13. The van der Waals surface area contributed by atoms with Crippen LogP contribution in [0.2, 0.25) is 5.02 Å². The molecule has 0 aliphatic rings. The van der Waals surface area contributed by atoms with E-state index in [1.165, 1.54) is 30.3 Å². The number of halogens is 7. The lowest BCUT2D eigenvalue weighted by Crippen LogP contribution is -2.39. The molecular weight excluding hydrogens is 588 g/mol. The summed E-state index contributed by atoms with van der Waals surface area (Å²) in [6.45, 7) is -2.90. The van der Waals surface area contributed by atoms with Crippen LogP contribution in [-0.2, 0) is 28.8 Å². The molecule has 10 nitrogen and oxygen atoms in total. The molecule has 0 bridgehead atoms. The summed E-state index contributed by atoms with van der Waals surface area (Å²) in [6, 6.07) is 9.57. The second-order valence-electron chi connectivity index (χ2n) is 8.69. The van der Waals surface area contributed by atoms with Crippen molar-refractivity contribution in [3.8, 4) is 11.4 Å². The molecule has 0 saturated carbocycles. The van der Waals surface area contributed by atoms with Gasteiger partial charge >= 0.3 is 24.1 Å². The Hall–Kier alpha value is -4.05. The Morgan fingerprint density at radius 3 is 2.34 bits per heavy atom. The third kappa shape index (κ3) is 8.47. The third-order valence-corrected chi connectivity index (χ3v) is 5.96. The van der Waals surface area contributed by atoms with Crippen LogP contribution in [0.1, 0.15) is 17.0 Å². The summed E-state index contributed by atoms with van der Waals surface area (Å²) in [4.78, 5) is 36.6. The molecule has 3 rings (SSSR count). The zero-order chi connectivity index (χ0) is 30.5. The topological polar surface area (TPSA) is 141 Å². The van der Waals surface area contributed by atoms with Crippen molar-refractivity contribution in [2.24, 2.45) is 5.73 Å². The first-order valence-electron chi connectivity index (χ1n) is 11.6. The SMILES string of the molecule is NC(=O)OCC(CNC(=O)Cn1nc(-c2ccc(Cl)cc2)n(C[C@H](O)C(F)(F)F)c1=O)c1cccc(C(F)(F)F)c1. The second kappa shape index (κ2) is 12.6. The van der Waals surface area contributed by atoms with E-state index in [1.54, 1.807) is 0 Å². The monoisotopic (exact) mass is 609 g/mol. The van der Waals surface area contributed by atoms with Crippen molar-refractivity contribution in [3.63, 3.8) is 0 Å². The molecule has 0 saturated heterocycles. The third-order valence-electron chi connectivity index (χ3n) is 5.71. The van der Waals surface area contributed by atoms with Gasteiger partial charge in [0.1, 0.15) is 13.2 Å². The van der Waals surface area contributed by atoms with Crippen LogP contribution in [0.15, 0.2) is 53.3 Å². The van der Waals surface area contributed by atoms with E-state index < -0.39 is 67.3 Å². The average Bonchev–Trinajstić information content (AvgIpc) is 3.18. The van der Waals surface area contributed by atoms with E-state index in [4.69, 9.17) is 22.1 Å². The molecule has 1 aromatic heterocycles. The van der Waals surface area contributed by atoms with Crippen LogP contribution >= 0.6 is 11.6 Å². The van der Waals surface area contributed by atoms with Gasteiger partial charge in [0.2, 0.25) is 5.91 Å². The summed E-state index contributed by atoms with van der Waals surface area (Å²) in [5.41, 5.74) is 3.02. The highest BCUT2D eigenvalue weighted by Gasteiger charge is 2.39. The number of amides is 2. The molecule has 1 heterocycles. The Balaban J connectivity index is 1.84. The standard InChI is InChI=1S/C24H22ClF6N5O5/c25-17-6-4-13(5-7-17)20-34-36(22(40)35(20)10-18(37)24(29,30)31)11-19(38)33-9-15(12-41-21(32)39)14-2-1-3-16(8-14)23(26,27)28/h1-8,15,18,37H,9-12H2,(H2,32,39)(H,33,38)/t15?,18-/m0/s1. The van der Waals surface area contributed by atoms with Gasteiger partial charge in [-0.15, -0.1) is 5.10 Å². The maximum absolute atomic E-state index is 13.2. The van der Waals surface area contributed by atoms with Crippen molar-refractivity contribution in [1.82, 2.24) is 19.7 Å². The van der Waals surface area contributed by atoms with Crippen LogP contribution in [-0.4, -0.2) is 56.9 Å². The summed E-state index contributed by atoms with van der Waals surface area (Å²) in [5.74, 6) is -2.18. The summed E-state index contributed by atoms with van der Waals surface area (Å²) in [6.07, 6.45) is -13.9. The molecule has 0 aliphatic carbocycles. The maximum Gasteiger partial charge on any atom is 0.416 e. The Morgan fingerprint density at radius 2 is 1.76 bits per heavy atom. The molecule has 41 heavy (non-hydrogen) atoms. The van der Waals surface area contributed by atoms with Crippen LogP contribution in [0, 0.1) is 0 Å². The first kappa shape index (κ1) is 31.5. The molecule has 2 aromatic carbocycles.